The van der Waals surface area contributed by atoms with Crippen LogP contribution in [0.2, 0.25) is 10.0 Å². The number of hydrogen-bond acceptors (Lipinski definition) is 3. The quantitative estimate of drug-likeness (QED) is 0.805. The normalized spacial score (nSPS) is 10.9. The molecule has 3 nitrogen and oxygen atoms in total. The van der Waals surface area contributed by atoms with E-state index in [0.29, 0.717) is 14.8 Å². The van der Waals surface area contributed by atoms with Gasteiger partial charge in [0.25, 0.3) is 0 Å². The molecule has 1 aromatic carbocycles. The monoisotopic (exact) mass is 333 g/mol. The van der Waals surface area contributed by atoms with E-state index in [2.05, 4.69) is 17.1 Å². The number of hydrogen-bond donors (Lipinski definition) is 1. The van der Waals surface area contributed by atoms with Gasteiger partial charge < -0.3 is 4.57 Å². The predicted molar refractivity (Wildman–Crippen MR) is 84.5 cm³/mol. The summed E-state index contributed by atoms with van der Waals surface area (Å²) in [6.07, 6.45) is 0. The molecule has 102 valence electrons. The molecule has 0 bridgehead atoms. The second-order valence-corrected chi connectivity index (χ2v) is 6.13. The van der Waals surface area contributed by atoms with Crippen LogP contribution in [0.3, 0.4) is 0 Å². The molecular weight excluding hydrogens is 321 g/mol. The van der Waals surface area contributed by atoms with E-state index in [-0.39, 0.29) is 0 Å². The summed E-state index contributed by atoms with van der Waals surface area (Å²) in [6.45, 7) is 2.88. The molecule has 0 fully saturated rings. The first-order valence-electron chi connectivity index (χ1n) is 5.77. The van der Waals surface area contributed by atoms with Gasteiger partial charge in [-0.05, 0) is 36.8 Å². The number of H-pyrrole nitrogens is 1. The van der Waals surface area contributed by atoms with Crippen LogP contribution in [0.1, 0.15) is 18.3 Å². The Labute approximate surface area is 131 Å². The first kappa shape index (κ1) is 14.9. The third-order valence-electron chi connectivity index (χ3n) is 2.66. The van der Waals surface area contributed by atoms with Crippen LogP contribution in [0.5, 0.6) is 0 Å². The molecule has 0 spiro atoms. The molecule has 1 heterocycles. The molecule has 0 aliphatic heterocycles. The van der Waals surface area contributed by atoms with Gasteiger partial charge >= 0.3 is 0 Å². The van der Waals surface area contributed by atoms with Crippen LogP contribution in [0, 0.1) is 4.77 Å². The molecule has 19 heavy (non-hydrogen) atoms. The molecule has 0 aliphatic carbocycles. The number of rotatable bonds is 5. The smallest absolute Gasteiger partial charge is 0.195 e. The van der Waals surface area contributed by atoms with Gasteiger partial charge in [-0.15, -0.1) is 11.8 Å². The van der Waals surface area contributed by atoms with E-state index in [1.165, 1.54) is 0 Å². The van der Waals surface area contributed by atoms with Crippen LogP contribution in [-0.2, 0) is 18.1 Å². The van der Waals surface area contributed by atoms with E-state index in [9.17, 15) is 0 Å². The Balaban J connectivity index is 1.98. The molecule has 2 aromatic rings. The van der Waals surface area contributed by atoms with Crippen molar-refractivity contribution in [1.82, 2.24) is 14.8 Å². The van der Waals surface area contributed by atoms with Gasteiger partial charge in [-0.1, -0.05) is 29.3 Å². The third kappa shape index (κ3) is 3.75. The largest absolute Gasteiger partial charge is 0.304 e. The van der Waals surface area contributed by atoms with E-state index < -0.39 is 0 Å². The van der Waals surface area contributed by atoms with Crippen LogP contribution < -0.4 is 0 Å². The Morgan fingerprint density at radius 2 is 2.16 bits per heavy atom. The first-order valence-corrected chi connectivity index (χ1v) is 8.09. The lowest BCUT2D eigenvalue weighted by Gasteiger charge is -2.05. The van der Waals surface area contributed by atoms with Crippen molar-refractivity contribution in [1.29, 1.82) is 0 Å². The maximum atomic E-state index is 6.13. The molecule has 0 radical (unpaired) electrons. The zero-order valence-corrected chi connectivity index (χ0v) is 13.5. The highest BCUT2D eigenvalue weighted by Gasteiger charge is 2.06. The lowest BCUT2D eigenvalue weighted by Crippen LogP contribution is -2.00. The SMILES string of the molecule is CCn1c(CSCc2ccc(Cl)cc2Cl)n[nH]c1=S. The van der Waals surface area contributed by atoms with Gasteiger partial charge in [-0.3, -0.25) is 5.10 Å². The van der Waals surface area contributed by atoms with E-state index in [1.807, 2.05) is 16.7 Å². The summed E-state index contributed by atoms with van der Waals surface area (Å²) in [4.78, 5) is 0. The molecule has 1 N–H and O–H groups in total. The van der Waals surface area contributed by atoms with Crippen molar-refractivity contribution < 1.29 is 0 Å². The van der Waals surface area contributed by atoms with Crippen LogP contribution in [-0.4, -0.2) is 14.8 Å². The highest BCUT2D eigenvalue weighted by molar-refractivity contribution is 7.97. The summed E-state index contributed by atoms with van der Waals surface area (Å²) in [5.74, 6) is 2.57. The highest BCUT2D eigenvalue weighted by atomic mass is 35.5. The Hall–Kier alpha value is -0.490. The minimum atomic E-state index is 0.658. The van der Waals surface area contributed by atoms with Crippen molar-refractivity contribution >= 4 is 47.2 Å². The summed E-state index contributed by atoms with van der Waals surface area (Å²) in [7, 11) is 0. The van der Waals surface area contributed by atoms with E-state index >= 15 is 0 Å². The number of halogens is 2. The number of benzene rings is 1. The molecule has 0 saturated heterocycles. The van der Waals surface area contributed by atoms with Crippen molar-refractivity contribution in [2.24, 2.45) is 0 Å². The lowest BCUT2D eigenvalue weighted by molar-refractivity contribution is 0.716. The summed E-state index contributed by atoms with van der Waals surface area (Å²) < 4.78 is 2.66. The minimum Gasteiger partial charge on any atom is -0.304 e. The van der Waals surface area contributed by atoms with Crippen LogP contribution >= 0.6 is 47.2 Å². The van der Waals surface area contributed by atoms with Gasteiger partial charge in [0.15, 0.2) is 4.77 Å². The molecule has 0 aliphatic rings. The number of thioether (sulfide) groups is 1. The van der Waals surface area contributed by atoms with Crippen molar-refractivity contribution in [3.8, 4) is 0 Å². The molecule has 0 unspecified atom stereocenters. The third-order valence-corrected chi connectivity index (χ3v) is 4.53. The Morgan fingerprint density at radius 3 is 2.84 bits per heavy atom. The van der Waals surface area contributed by atoms with E-state index in [0.717, 1.165) is 29.4 Å². The fourth-order valence-electron chi connectivity index (χ4n) is 1.68. The zero-order valence-electron chi connectivity index (χ0n) is 10.3. The Morgan fingerprint density at radius 1 is 1.37 bits per heavy atom. The fraction of sp³-hybridized carbons (Fsp3) is 0.333. The number of nitrogens with zero attached hydrogens (tertiary/aromatic N) is 2. The van der Waals surface area contributed by atoms with Gasteiger partial charge in [-0.25, -0.2) is 0 Å². The van der Waals surface area contributed by atoms with Crippen LogP contribution in [0.25, 0.3) is 0 Å². The molecule has 2 rings (SSSR count). The molecule has 7 heteroatoms. The standard InChI is InChI=1S/C12H13Cl2N3S2/c1-2-17-11(15-16-12(17)18)7-19-6-8-3-4-9(13)5-10(8)14/h3-5H,2,6-7H2,1H3,(H,16,18). The van der Waals surface area contributed by atoms with Crippen molar-refractivity contribution in [3.63, 3.8) is 0 Å². The summed E-state index contributed by atoms with van der Waals surface area (Å²) in [5.41, 5.74) is 1.08. The average Bonchev–Trinajstić information content (AvgIpc) is 2.72. The van der Waals surface area contributed by atoms with Gasteiger partial charge in [0.05, 0.1) is 5.75 Å². The number of aromatic amines is 1. The highest BCUT2D eigenvalue weighted by Crippen LogP contribution is 2.25. The average molecular weight is 334 g/mol. The second-order valence-electron chi connectivity index (χ2n) is 3.92. The molecule has 1 aromatic heterocycles. The topological polar surface area (TPSA) is 33.6 Å². The molecule has 0 atom stereocenters. The van der Waals surface area contributed by atoms with Crippen molar-refractivity contribution in [2.75, 3.05) is 0 Å². The molecule has 0 amide bonds. The second kappa shape index (κ2) is 6.79. The number of nitrogens with one attached hydrogen (secondary N) is 1. The predicted octanol–water partition coefficient (Wildman–Crippen LogP) is 4.70. The Kier molecular flexibility index (Phi) is 5.33. The fourth-order valence-corrected chi connectivity index (χ4v) is 3.49. The van der Waals surface area contributed by atoms with Crippen molar-refractivity contribution in [2.45, 2.75) is 25.0 Å². The lowest BCUT2D eigenvalue weighted by atomic mass is 10.2. The van der Waals surface area contributed by atoms with Gasteiger partial charge in [0.2, 0.25) is 0 Å². The Bertz CT molecular complexity index is 622. The van der Waals surface area contributed by atoms with Gasteiger partial charge in [0.1, 0.15) is 5.82 Å². The van der Waals surface area contributed by atoms with Gasteiger partial charge in [-0.2, -0.15) is 5.10 Å². The maximum absolute atomic E-state index is 6.13. The van der Waals surface area contributed by atoms with Gasteiger partial charge in [0, 0.05) is 22.3 Å². The van der Waals surface area contributed by atoms with E-state index in [1.54, 1.807) is 17.8 Å². The van der Waals surface area contributed by atoms with Crippen LogP contribution in [0.4, 0.5) is 0 Å². The molecule has 0 saturated carbocycles. The summed E-state index contributed by atoms with van der Waals surface area (Å²) >= 11 is 18.9. The zero-order chi connectivity index (χ0) is 13.8. The minimum absolute atomic E-state index is 0.658. The maximum Gasteiger partial charge on any atom is 0.195 e. The van der Waals surface area contributed by atoms with E-state index in [4.69, 9.17) is 35.4 Å². The van der Waals surface area contributed by atoms with Crippen LogP contribution in [0.15, 0.2) is 18.2 Å². The summed E-state index contributed by atoms with van der Waals surface area (Å²) in [6, 6.07) is 5.57. The number of aromatic nitrogens is 3. The first-order chi connectivity index (χ1) is 9.11. The summed E-state index contributed by atoms with van der Waals surface area (Å²) in [5, 5.41) is 8.40. The van der Waals surface area contributed by atoms with Crippen molar-refractivity contribution in [3.05, 3.63) is 44.4 Å². The molecular formula is C12H13Cl2N3S2.